The molecule has 0 unspecified atom stereocenters. The third-order valence-corrected chi connectivity index (χ3v) is 5.37. The van der Waals surface area contributed by atoms with Crippen molar-refractivity contribution in [1.29, 1.82) is 0 Å². The molecule has 0 bridgehead atoms. The molecule has 2 amide bonds. The molecular formula is C27H18F2N4O2. The van der Waals surface area contributed by atoms with Crippen molar-refractivity contribution in [2.45, 2.75) is 0 Å². The lowest BCUT2D eigenvalue weighted by Crippen LogP contribution is -2.11. The van der Waals surface area contributed by atoms with Gasteiger partial charge in [-0.3, -0.25) is 9.59 Å². The van der Waals surface area contributed by atoms with Crippen LogP contribution in [0.15, 0.2) is 91.0 Å². The molecule has 1 heterocycles. The second kappa shape index (κ2) is 9.18. The molecule has 0 spiro atoms. The van der Waals surface area contributed by atoms with E-state index in [-0.39, 0.29) is 23.4 Å². The Bertz CT molecular complexity index is 1530. The number of hydrogen-bond acceptors (Lipinski definition) is 3. The topological polar surface area (TPSA) is 86.9 Å². The Morgan fingerprint density at radius 1 is 0.657 bits per heavy atom. The molecule has 0 atom stereocenters. The van der Waals surface area contributed by atoms with Crippen molar-refractivity contribution in [2.75, 3.05) is 10.6 Å². The number of imidazole rings is 1. The van der Waals surface area contributed by atoms with E-state index in [0.717, 1.165) is 11.1 Å². The summed E-state index contributed by atoms with van der Waals surface area (Å²) < 4.78 is 26.1. The van der Waals surface area contributed by atoms with Gasteiger partial charge in [0, 0.05) is 28.1 Å². The Hall–Kier alpha value is -4.85. The molecule has 0 aliphatic heterocycles. The van der Waals surface area contributed by atoms with Gasteiger partial charge in [0.1, 0.15) is 17.5 Å². The van der Waals surface area contributed by atoms with E-state index in [4.69, 9.17) is 0 Å². The summed E-state index contributed by atoms with van der Waals surface area (Å²) in [4.78, 5) is 32.8. The molecular weight excluding hydrogens is 450 g/mol. The molecule has 172 valence electrons. The van der Waals surface area contributed by atoms with Crippen molar-refractivity contribution in [3.63, 3.8) is 0 Å². The summed E-state index contributed by atoms with van der Waals surface area (Å²) >= 11 is 0. The number of nitrogens with zero attached hydrogens (tertiary/aromatic N) is 1. The van der Waals surface area contributed by atoms with Crippen molar-refractivity contribution >= 4 is 34.2 Å². The van der Waals surface area contributed by atoms with E-state index in [2.05, 4.69) is 20.6 Å². The van der Waals surface area contributed by atoms with Gasteiger partial charge in [-0.1, -0.05) is 12.1 Å². The fourth-order valence-corrected chi connectivity index (χ4v) is 3.54. The maximum atomic E-state index is 13.1. The van der Waals surface area contributed by atoms with Crippen LogP contribution in [0.4, 0.5) is 20.2 Å². The van der Waals surface area contributed by atoms with Crippen LogP contribution < -0.4 is 10.6 Å². The van der Waals surface area contributed by atoms with Crippen molar-refractivity contribution < 1.29 is 18.4 Å². The number of aromatic nitrogens is 2. The molecule has 6 nitrogen and oxygen atoms in total. The number of carbonyl (C=O) groups excluding carboxylic acids is 2. The van der Waals surface area contributed by atoms with E-state index in [0.29, 0.717) is 33.8 Å². The van der Waals surface area contributed by atoms with Gasteiger partial charge in [0.25, 0.3) is 11.8 Å². The van der Waals surface area contributed by atoms with E-state index < -0.39 is 0 Å². The summed E-state index contributed by atoms with van der Waals surface area (Å²) in [5.41, 5.74) is 3.94. The molecule has 0 fully saturated rings. The van der Waals surface area contributed by atoms with Gasteiger partial charge in [0.05, 0.1) is 11.0 Å². The van der Waals surface area contributed by atoms with Crippen LogP contribution in [-0.4, -0.2) is 21.8 Å². The quantitative estimate of drug-likeness (QED) is 0.295. The Morgan fingerprint density at radius 3 is 1.74 bits per heavy atom. The maximum Gasteiger partial charge on any atom is 0.255 e. The molecule has 3 N–H and O–H groups in total. The summed E-state index contributed by atoms with van der Waals surface area (Å²) in [6, 6.07) is 23.0. The molecule has 5 aromatic rings. The van der Waals surface area contributed by atoms with E-state index in [1.54, 1.807) is 42.5 Å². The molecule has 0 aliphatic carbocycles. The molecule has 0 saturated heterocycles. The predicted molar refractivity (Wildman–Crippen MR) is 130 cm³/mol. The number of carbonyl (C=O) groups is 2. The number of benzene rings is 4. The van der Waals surface area contributed by atoms with Crippen LogP contribution in [-0.2, 0) is 0 Å². The van der Waals surface area contributed by atoms with E-state index in [9.17, 15) is 18.4 Å². The lowest BCUT2D eigenvalue weighted by Gasteiger charge is -2.05. The minimum absolute atomic E-state index is 0.315. The second-order valence-electron chi connectivity index (χ2n) is 7.82. The third-order valence-electron chi connectivity index (χ3n) is 5.37. The summed E-state index contributed by atoms with van der Waals surface area (Å²) in [6.45, 7) is 0. The molecule has 0 saturated carbocycles. The first-order valence-corrected chi connectivity index (χ1v) is 10.7. The van der Waals surface area contributed by atoms with E-state index >= 15 is 0 Å². The average molecular weight is 468 g/mol. The highest BCUT2D eigenvalue weighted by Gasteiger charge is 2.12. The number of anilines is 2. The van der Waals surface area contributed by atoms with Gasteiger partial charge in [0.2, 0.25) is 0 Å². The molecule has 8 heteroatoms. The van der Waals surface area contributed by atoms with Gasteiger partial charge < -0.3 is 15.6 Å². The zero-order valence-corrected chi connectivity index (χ0v) is 18.2. The van der Waals surface area contributed by atoms with Crippen LogP contribution in [0.1, 0.15) is 20.7 Å². The normalized spacial score (nSPS) is 10.8. The molecule has 0 aliphatic rings. The van der Waals surface area contributed by atoms with Gasteiger partial charge in [0.15, 0.2) is 0 Å². The van der Waals surface area contributed by atoms with E-state index in [1.807, 2.05) is 0 Å². The fourth-order valence-electron chi connectivity index (χ4n) is 3.54. The van der Waals surface area contributed by atoms with Crippen LogP contribution >= 0.6 is 0 Å². The monoisotopic (exact) mass is 468 g/mol. The van der Waals surface area contributed by atoms with Crippen LogP contribution in [0.3, 0.4) is 0 Å². The molecule has 4 aromatic carbocycles. The van der Waals surface area contributed by atoms with Crippen LogP contribution in [0.5, 0.6) is 0 Å². The standard InChI is InChI=1S/C27H18F2N4O2/c28-19-6-10-21(11-7-19)30-26(34)17-3-1-16(2-4-17)25-32-23-14-5-18(15-24(23)33-25)27(35)31-22-12-8-20(29)9-13-22/h1-15H,(H,30,34)(H,31,35)(H,32,33). The number of rotatable bonds is 5. The highest BCUT2D eigenvalue weighted by atomic mass is 19.1. The number of nitrogens with one attached hydrogen (secondary N) is 3. The highest BCUT2D eigenvalue weighted by molar-refractivity contribution is 6.06. The largest absolute Gasteiger partial charge is 0.338 e. The molecule has 0 radical (unpaired) electrons. The number of H-pyrrole nitrogens is 1. The number of aromatic amines is 1. The summed E-state index contributed by atoms with van der Waals surface area (Å²) in [7, 11) is 0. The van der Waals surface area contributed by atoms with Crippen molar-refractivity contribution in [2.24, 2.45) is 0 Å². The predicted octanol–water partition coefficient (Wildman–Crippen LogP) is 6.01. The second-order valence-corrected chi connectivity index (χ2v) is 7.82. The van der Waals surface area contributed by atoms with Crippen LogP contribution in [0.25, 0.3) is 22.4 Å². The Kier molecular flexibility index (Phi) is 5.76. The molecule has 5 rings (SSSR count). The lowest BCUT2D eigenvalue weighted by molar-refractivity contribution is 0.101. The summed E-state index contributed by atoms with van der Waals surface area (Å²) in [5, 5.41) is 5.44. The Morgan fingerprint density at radius 2 is 1.17 bits per heavy atom. The molecule has 35 heavy (non-hydrogen) atoms. The SMILES string of the molecule is O=C(Nc1ccc(F)cc1)c1ccc(-c2nc3cc(C(=O)Nc4ccc(F)cc4)ccc3[nH]2)cc1. The van der Waals surface area contributed by atoms with Crippen LogP contribution in [0, 0.1) is 11.6 Å². The summed E-state index contributed by atoms with van der Waals surface area (Å²) in [6.07, 6.45) is 0. The van der Waals surface area contributed by atoms with Gasteiger partial charge in [-0.25, -0.2) is 13.8 Å². The highest BCUT2D eigenvalue weighted by Crippen LogP contribution is 2.23. The zero-order chi connectivity index (χ0) is 24.4. The van der Waals surface area contributed by atoms with Gasteiger partial charge in [-0.15, -0.1) is 0 Å². The Labute approximate surface area is 198 Å². The number of fused-ring (bicyclic) bond motifs is 1. The van der Waals surface area contributed by atoms with E-state index in [1.165, 1.54) is 48.5 Å². The minimum atomic E-state index is -0.380. The first-order valence-electron chi connectivity index (χ1n) is 10.7. The lowest BCUT2D eigenvalue weighted by atomic mass is 10.1. The Balaban J connectivity index is 1.31. The first kappa shape index (κ1) is 22.0. The maximum absolute atomic E-state index is 13.1. The van der Waals surface area contributed by atoms with Gasteiger partial charge in [-0.2, -0.15) is 0 Å². The third kappa shape index (κ3) is 4.91. The molecule has 1 aromatic heterocycles. The number of amides is 2. The van der Waals surface area contributed by atoms with Crippen molar-refractivity contribution in [1.82, 2.24) is 9.97 Å². The zero-order valence-electron chi connectivity index (χ0n) is 18.2. The van der Waals surface area contributed by atoms with Crippen molar-refractivity contribution in [3.05, 3.63) is 114 Å². The first-order chi connectivity index (χ1) is 16.9. The fraction of sp³-hybridized carbons (Fsp3) is 0. The van der Waals surface area contributed by atoms with Crippen LogP contribution in [0.2, 0.25) is 0 Å². The average Bonchev–Trinajstić information content (AvgIpc) is 3.30. The number of hydrogen-bond donors (Lipinski definition) is 3. The summed E-state index contributed by atoms with van der Waals surface area (Å²) in [5.74, 6) is -0.820. The van der Waals surface area contributed by atoms with Crippen molar-refractivity contribution in [3.8, 4) is 11.4 Å². The smallest absolute Gasteiger partial charge is 0.255 e. The van der Waals surface area contributed by atoms with Gasteiger partial charge in [-0.05, 0) is 78.9 Å². The number of halogens is 2. The minimum Gasteiger partial charge on any atom is -0.338 e. The van der Waals surface area contributed by atoms with Gasteiger partial charge >= 0.3 is 0 Å².